The van der Waals surface area contributed by atoms with Crippen LogP contribution in [0.3, 0.4) is 0 Å². The number of benzene rings is 2. The van der Waals surface area contributed by atoms with Gasteiger partial charge in [0.25, 0.3) is 11.8 Å². The molecule has 0 fully saturated rings. The second-order valence-corrected chi connectivity index (χ2v) is 5.80. The molecule has 0 radical (unpaired) electrons. The maximum Gasteiger partial charge on any atom is 0.281 e. The average molecular weight is 331 g/mol. The van der Waals surface area contributed by atoms with Crippen LogP contribution in [0.5, 0.6) is 0 Å². The van der Waals surface area contributed by atoms with Crippen molar-refractivity contribution in [2.45, 2.75) is 20.3 Å². The first kappa shape index (κ1) is 15.5. The first-order chi connectivity index (χ1) is 11.0. The quantitative estimate of drug-likeness (QED) is 0.812. The Hall–Kier alpha value is -2.40. The second kappa shape index (κ2) is 5.66. The SMILES string of the molecule is CCCN(C(C)=O)N1C(=O)c2cc(Cl)c3ccccc3c2C1=O. The van der Waals surface area contributed by atoms with Gasteiger partial charge in [0.1, 0.15) is 0 Å². The zero-order valence-corrected chi connectivity index (χ0v) is 13.6. The van der Waals surface area contributed by atoms with Crippen LogP contribution in [0.2, 0.25) is 5.02 Å². The van der Waals surface area contributed by atoms with Crippen molar-refractivity contribution in [3.05, 3.63) is 46.5 Å². The number of halogens is 1. The summed E-state index contributed by atoms with van der Waals surface area (Å²) in [5.41, 5.74) is 0.540. The van der Waals surface area contributed by atoms with E-state index in [1.54, 1.807) is 18.2 Å². The van der Waals surface area contributed by atoms with Gasteiger partial charge in [-0.05, 0) is 17.9 Å². The third kappa shape index (κ3) is 2.28. The van der Waals surface area contributed by atoms with Crippen molar-refractivity contribution in [1.29, 1.82) is 0 Å². The van der Waals surface area contributed by atoms with E-state index in [2.05, 4.69) is 0 Å². The molecule has 0 saturated heterocycles. The third-order valence-corrected chi connectivity index (χ3v) is 4.18. The van der Waals surface area contributed by atoms with Crippen LogP contribution in [0.25, 0.3) is 10.8 Å². The minimum absolute atomic E-state index is 0.237. The van der Waals surface area contributed by atoms with E-state index in [1.807, 2.05) is 13.0 Å². The summed E-state index contributed by atoms with van der Waals surface area (Å²) >= 11 is 6.24. The van der Waals surface area contributed by atoms with Crippen LogP contribution in [-0.4, -0.2) is 34.3 Å². The van der Waals surface area contributed by atoms with Gasteiger partial charge in [-0.25, -0.2) is 5.01 Å². The van der Waals surface area contributed by atoms with Crippen LogP contribution in [0.15, 0.2) is 30.3 Å². The molecular formula is C17H15ClN2O3. The van der Waals surface area contributed by atoms with Crippen LogP contribution in [0.4, 0.5) is 0 Å². The van der Waals surface area contributed by atoms with Crippen LogP contribution >= 0.6 is 11.6 Å². The number of nitrogens with zero attached hydrogens (tertiary/aromatic N) is 2. The number of amides is 3. The van der Waals surface area contributed by atoms with E-state index in [0.29, 0.717) is 34.3 Å². The summed E-state index contributed by atoms with van der Waals surface area (Å²) in [5.74, 6) is -1.35. The Kier molecular flexibility index (Phi) is 3.82. The van der Waals surface area contributed by atoms with Gasteiger partial charge in [-0.1, -0.05) is 42.8 Å². The number of carbonyl (C=O) groups is 3. The van der Waals surface area contributed by atoms with Crippen LogP contribution in [0.1, 0.15) is 41.0 Å². The lowest BCUT2D eigenvalue weighted by Gasteiger charge is -2.28. The average Bonchev–Trinajstić information content (AvgIpc) is 2.77. The van der Waals surface area contributed by atoms with E-state index in [-0.39, 0.29) is 11.5 Å². The van der Waals surface area contributed by atoms with Gasteiger partial charge in [0, 0.05) is 23.9 Å². The molecule has 0 aromatic heterocycles. The maximum absolute atomic E-state index is 12.8. The van der Waals surface area contributed by atoms with Crippen molar-refractivity contribution in [3.63, 3.8) is 0 Å². The van der Waals surface area contributed by atoms with E-state index in [4.69, 9.17) is 11.6 Å². The number of carbonyl (C=O) groups excluding carboxylic acids is 3. The van der Waals surface area contributed by atoms with Gasteiger partial charge in [-0.3, -0.25) is 14.4 Å². The summed E-state index contributed by atoms with van der Waals surface area (Å²) in [4.78, 5) is 37.3. The first-order valence-corrected chi connectivity index (χ1v) is 7.73. The molecule has 3 rings (SSSR count). The van der Waals surface area contributed by atoms with E-state index in [0.717, 1.165) is 5.01 Å². The molecule has 118 valence electrons. The monoisotopic (exact) mass is 330 g/mol. The van der Waals surface area contributed by atoms with Crippen molar-refractivity contribution >= 4 is 40.1 Å². The Bertz CT molecular complexity index is 847. The predicted molar refractivity (Wildman–Crippen MR) is 87.1 cm³/mol. The first-order valence-electron chi connectivity index (χ1n) is 7.35. The minimum Gasteiger partial charge on any atom is -0.273 e. The van der Waals surface area contributed by atoms with Gasteiger partial charge in [0.2, 0.25) is 5.91 Å². The number of hydrogen-bond acceptors (Lipinski definition) is 3. The molecule has 1 heterocycles. The number of rotatable bonds is 3. The van der Waals surface area contributed by atoms with Gasteiger partial charge in [-0.15, -0.1) is 0 Å². The fourth-order valence-corrected chi connectivity index (χ4v) is 3.15. The van der Waals surface area contributed by atoms with Crippen LogP contribution in [0, 0.1) is 0 Å². The molecule has 5 nitrogen and oxygen atoms in total. The molecular weight excluding hydrogens is 316 g/mol. The maximum atomic E-state index is 12.8. The van der Waals surface area contributed by atoms with Gasteiger partial charge in [0.05, 0.1) is 11.1 Å². The fraction of sp³-hybridized carbons (Fsp3) is 0.235. The Morgan fingerprint density at radius 2 is 1.83 bits per heavy atom. The molecule has 0 N–H and O–H groups in total. The smallest absolute Gasteiger partial charge is 0.273 e. The normalized spacial score (nSPS) is 13.6. The Balaban J connectivity index is 2.21. The number of hydrogen-bond donors (Lipinski definition) is 0. The number of hydrazine groups is 1. The lowest BCUT2D eigenvalue weighted by atomic mass is 10.0. The van der Waals surface area contributed by atoms with Crippen molar-refractivity contribution in [1.82, 2.24) is 10.0 Å². The Labute approximate surface area is 138 Å². The van der Waals surface area contributed by atoms with Gasteiger partial charge in [-0.2, -0.15) is 5.01 Å². The Morgan fingerprint density at radius 3 is 2.43 bits per heavy atom. The molecule has 6 heteroatoms. The molecule has 3 amide bonds. The summed E-state index contributed by atoms with van der Waals surface area (Å²) in [6, 6.07) is 8.66. The summed E-state index contributed by atoms with van der Waals surface area (Å²) in [7, 11) is 0. The van der Waals surface area contributed by atoms with Crippen LogP contribution in [-0.2, 0) is 4.79 Å². The lowest BCUT2D eigenvalue weighted by molar-refractivity contribution is -0.139. The van der Waals surface area contributed by atoms with Gasteiger partial charge >= 0.3 is 0 Å². The van der Waals surface area contributed by atoms with Crippen molar-refractivity contribution in [3.8, 4) is 0 Å². The third-order valence-electron chi connectivity index (χ3n) is 3.86. The molecule has 0 atom stereocenters. The number of fused-ring (bicyclic) bond motifs is 3. The molecule has 23 heavy (non-hydrogen) atoms. The van der Waals surface area contributed by atoms with Crippen molar-refractivity contribution in [2.24, 2.45) is 0 Å². The summed E-state index contributed by atoms with van der Waals surface area (Å²) < 4.78 is 0. The highest BCUT2D eigenvalue weighted by Crippen LogP contribution is 2.35. The molecule has 1 aliphatic heterocycles. The fourth-order valence-electron chi connectivity index (χ4n) is 2.87. The molecule has 1 aliphatic rings. The van der Waals surface area contributed by atoms with E-state index in [1.165, 1.54) is 18.0 Å². The summed E-state index contributed by atoms with van der Waals surface area (Å²) in [5, 5.41) is 3.86. The summed E-state index contributed by atoms with van der Waals surface area (Å²) in [6.45, 7) is 3.51. The Morgan fingerprint density at radius 1 is 1.17 bits per heavy atom. The van der Waals surface area contributed by atoms with E-state index in [9.17, 15) is 14.4 Å². The van der Waals surface area contributed by atoms with Crippen molar-refractivity contribution in [2.75, 3.05) is 6.54 Å². The number of imide groups is 1. The molecule has 0 spiro atoms. The van der Waals surface area contributed by atoms with E-state index >= 15 is 0 Å². The second-order valence-electron chi connectivity index (χ2n) is 5.39. The molecule has 0 bridgehead atoms. The predicted octanol–water partition coefficient (Wildman–Crippen LogP) is 3.26. The van der Waals surface area contributed by atoms with Gasteiger partial charge in [0.15, 0.2) is 0 Å². The highest BCUT2D eigenvalue weighted by molar-refractivity contribution is 6.38. The van der Waals surface area contributed by atoms with Crippen LogP contribution < -0.4 is 0 Å². The molecule has 0 unspecified atom stereocenters. The minimum atomic E-state index is -0.513. The molecule has 0 aliphatic carbocycles. The highest BCUT2D eigenvalue weighted by atomic mass is 35.5. The topological polar surface area (TPSA) is 57.7 Å². The zero-order chi connectivity index (χ0) is 16.7. The van der Waals surface area contributed by atoms with E-state index < -0.39 is 11.8 Å². The van der Waals surface area contributed by atoms with Gasteiger partial charge < -0.3 is 0 Å². The lowest BCUT2D eigenvalue weighted by Crippen LogP contribution is -2.49. The largest absolute Gasteiger partial charge is 0.281 e. The molecule has 0 saturated carbocycles. The van der Waals surface area contributed by atoms with Crippen molar-refractivity contribution < 1.29 is 14.4 Å². The summed E-state index contributed by atoms with van der Waals surface area (Å²) in [6.07, 6.45) is 0.633. The molecule has 2 aromatic rings. The highest BCUT2D eigenvalue weighted by Gasteiger charge is 2.41. The standard InChI is InChI=1S/C17H15ClN2O3/c1-3-8-19(10(2)21)20-16(22)13-9-14(18)11-6-4-5-7-12(11)15(13)17(20)23/h4-7,9H,3,8H2,1-2H3. The molecule has 2 aromatic carbocycles. The zero-order valence-electron chi connectivity index (χ0n) is 12.8.